The molecule has 3 heterocycles. The molecule has 0 bridgehead atoms. The number of pyridine rings is 2. The third kappa shape index (κ3) is 6.20. The van der Waals surface area contributed by atoms with Gasteiger partial charge in [0.2, 0.25) is 5.91 Å². The number of rotatable bonds is 8. The van der Waals surface area contributed by atoms with E-state index in [1.807, 2.05) is 0 Å². The van der Waals surface area contributed by atoms with E-state index < -0.39 is 23.5 Å². The van der Waals surface area contributed by atoms with Gasteiger partial charge in [0.05, 0.1) is 11.7 Å². The van der Waals surface area contributed by atoms with Crippen LogP contribution in [0.1, 0.15) is 47.1 Å². The van der Waals surface area contributed by atoms with Gasteiger partial charge in [-0.1, -0.05) is 37.6 Å². The van der Waals surface area contributed by atoms with E-state index >= 15 is 0 Å². The van der Waals surface area contributed by atoms with Crippen LogP contribution in [0.25, 0.3) is 11.0 Å². The molecule has 1 saturated heterocycles. The molecule has 3 amide bonds. The Bertz CT molecular complexity index is 1440. The number of nitrogens with zero attached hydrogens (tertiary/aromatic N) is 3. The molecule has 11 heteroatoms. The highest BCUT2D eigenvalue weighted by atomic mass is 35.5. The summed E-state index contributed by atoms with van der Waals surface area (Å²) in [6.45, 7) is 6.71. The number of amides is 3. The quantitative estimate of drug-likeness (QED) is 0.401. The largest absolute Gasteiger partial charge is 0.392 e. The lowest BCUT2D eigenvalue weighted by Gasteiger charge is -2.45. The van der Waals surface area contributed by atoms with Crippen LogP contribution < -0.4 is 16.2 Å². The van der Waals surface area contributed by atoms with Crippen molar-refractivity contribution in [3.63, 3.8) is 0 Å². The van der Waals surface area contributed by atoms with Crippen LogP contribution in [0.5, 0.6) is 0 Å². The number of halogens is 1. The van der Waals surface area contributed by atoms with Crippen LogP contribution in [0.15, 0.2) is 47.4 Å². The second kappa shape index (κ2) is 10.9. The van der Waals surface area contributed by atoms with E-state index in [0.717, 1.165) is 5.56 Å². The molecule has 1 aliphatic rings. The van der Waals surface area contributed by atoms with E-state index in [-0.39, 0.29) is 47.7 Å². The van der Waals surface area contributed by atoms with Crippen LogP contribution >= 0.6 is 11.6 Å². The molecule has 1 unspecified atom stereocenters. The van der Waals surface area contributed by atoms with E-state index in [9.17, 15) is 24.3 Å². The third-order valence-corrected chi connectivity index (χ3v) is 6.49. The molecular weight excluding hydrogens is 510 g/mol. The summed E-state index contributed by atoms with van der Waals surface area (Å²) >= 11 is 5.92. The molecule has 1 fully saturated rings. The second-order valence-corrected chi connectivity index (χ2v) is 10.8. The lowest BCUT2D eigenvalue weighted by molar-refractivity contribution is -0.142. The van der Waals surface area contributed by atoms with Crippen molar-refractivity contribution in [1.82, 2.24) is 25.1 Å². The van der Waals surface area contributed by atoms with Gasteiger partial charge in [0.1, 0.15) is 17.8 Å². The zero-order valence-electron chi connectivity index (χ0n) is 21.5. The fourth-order valence-electron chi connectivity index (χ4n) is 4.32. The topological polar surface area (TPSA) is 134 Å². The lowest BCUT2D eigenvalue weighted by Crippen LogP contribution is -2.56. The van der Waals surface area contributed by atoms with Crippen LogP contribution in [-0.2, 0) is 17.9 Å². The fraction of sp³-hybridized carbons (Fsp3) is 0.370. The molecule has 1 atom stereocenters. The number of hydrogen-bond acceptors (Lipinski definition) is 6. The molecule has 4 rings (SSSR count). The van der Waals surface area contributed by atoms with Crippen molar-refractivity contribution < 1.29 is 19.5 Å². The average molecular weight is 540 g/mol. The summed E-state index contributed by atoms with van der Waals surface area (Å²) in [6, 6.07) is 9.80. The minimum Gasteiger partial charge on any atom is -0.392 e. The average Bonchev–Trinajstić information content (AvgIpc) is 2.86. The monoisotopic (exact) mass is 539 g/mol. The van der Waals surface area contributed by atoms with Crippen molar-refractivity contribution in [2.24, 2.45) is 5.41 Å². The number of carbonyl (C=O) groups is 3. The number of fused-ring (bicyclic) bond motifs is 1. The van der Waals surface area contributed by atoms with Gasteiger partial charge in [-0.15, -0.1) is 0 Å². The van der Waals surface area contributed by atoms with Gasteiger partial charge in [0.15, 0.2) is 0 Å². The van der Waals surface area contributed by atoms with Crippen LogP contribution in [-0.4, -0.2) is 63.0 Å². The van der Waals surface area contributed by atoms with Crippen molar-refractivity contribution in [2.75, 3.05) is 19.6 Å². The number of aromatic nitrogens is 2. The van der Waals surface area contributed by atoms with Gasteiger partial charge in [-0.25, -0.2) is 4.98 Å². The maximum atomic E-state index is 13.4. The van der Waals surface area contributed by atoms with Crippen LogP contribution in [0, 0.1) is 5.41 Å². The first kappa shape index (κ1) is 27.3. The van der Waals surface area contributed by atoms with Crippen molar-refractivity contribution in [3.8, 4) is 0 Å². The highest BCUT2D eigenvalue weighted by Gasteiger charge is 2.37. The molecule has 0 saturated carbocycles. The number of benzene rings is 1. The summed E-state index contributed by atoms with van der Waals surface area (Å²) in [4.78, 5) is 58.0. The SMILES string of the molecule is CC(O)CNC(=O)c1cnc2c(c1)cc(C(=O)NCc1ccc(Cl)cc1)c(=O)n2CC(=O)N1CC(C)(C)C1. The van der Waals surface area contributed by atoms with Gasteiger partial charge in [0, 0.05) is 42.8 Å². The zero-order chi connectivity index (χ0) is 27.6. The molecule has 38 heavy (non-hydrogen) atoms. The number of nitrogens with one attached hydrogen (secondary N) is 2. The number of hydrogen-bond donors (Lipinski definition) is 3. The Labute approximate surface area is 224 Å². The Morgan fingerprint density at radius 2 is 1.79 bits per heavy atom. The van der Waals surface area contributed by atoms with Gasteiger partial charge in [0.25, 0.3) is 17.4 Å². The Hall–Kier alpha value is -3.76. The van der Waals surface area contributed by atoms with Crippen LogP contribution in [0.3, 0.4) is 0 Å². The summed E-state index contributed by atoms with van der Waals surface area (Å²) in [6.07, 6.45) is 0.568. The molecule has 0 aliphatic carbocycles. The minimum absolute atomic E-state index is 0.0126. The Morgan fingerprint density at radius 1 is 1.11 bits per heavy atom. The van der Waals surface area contributed by atoms with Gasteiger partial charge >= 0.3 is 0 Å². The Morgan fingerprint density at radius 3 is 2.42 bits per heavy atom. The summed E-state index contributed by atoms with van der Waals surface area (Å²) in [7, 11) is 0. The highest BCUT2D eigenvalue weighted by molar-refractivity contribution is 6.30. The van der Waals surface area contributed by atoms with Crippen molar-refractivity contribution in [2.45, 2.75) is 40.0 Å². The highest BCUT2D eigenvalue weighted by Crippen LogP contribution is 2.28. The molecule has 200 valence electrons. The molecule has 10 nitrogen and oxygen atoms in total. The first-order valence-electron chi connectivity index (χ1n) is 12.2. The first-order chi connectivity index (χ1) is 17.9. The normalized spacial score (nSPS) is 15.0. The molecule has 0 spiro atoms. The number of likely N-dealkylation sites (tertiary alicyclic amines) is 1. The first-order valence-corrected chi connectivity index (χ1v) is 12.6. The molecule has 1 aliphatic heterocycles. The fourth-order valence-corrected chi connectivity index (χ4v) is 4.45. The standard InChI is InChI=1S/C27H30ClN5O5/c1-16(34)10-30-24(36)19-8-18-9-21(25(37)31-11-17-4-6-20(28)7-5-17)26(38)33(23(18)29-12-19)13-22(35)32-14-27(2,3)15-32/h4-9,12,16,34H,10-11,13-15H2,1-3H3,(H,30,36)(H,31,37). The smallest absolute Gasteiger partial charge is 0.265 e. The maximum Gasteiger partial charge on any atom is 0.265 e. The van der Waals surface area contributed by atoms with E-state index in [2.05, 4.69) is 29.5 Å². The van der Waals surface area contributed by atoms with Gasteiger partial charge < -0.3 is 20.6 Å². The van der Waals surface area contributed by atoms with Crippen molar-refractivity contribution in [3.05, 3.63) is 74.7 Å². The van der Waals surface area contributed by atoms with E-state index in [4.69, 9.17) is 11.6 Å². The maximum absolute atomic E-state index is 13.4. The number of carbonyl (C=O) groups excluding carboxylic acids is 3. The zero-order valence-corrected chi connectivity index (χ0v) is 22.2. The van der Waals surface area contributed by atoms with Crippen molar-refractivity contribution in [1.29, 1.82) is 0 Å². The predicted molar refractivity (Wildman–Crippen MR) is 143 cm³/mol. The Balaban J connectivity index is 1.68. The van der Waals surface area contributed by atoms with Gasteiger partial charge in [-0.2, -0.15) is 0 Å². The van der Waals surface area contributed by atoms with Gasteiger partial charge in [-0.3, -0.25) is 23.7 Å². The number of aliphatic hydroxyl groups is 1. The van der Waals surface area contributed by atoms with E-state index in [1.165, 1.54) is 22.9 Å². The summed E-state index contributed by atoms with van der Waals surface area (Å²) in [5, 5.41) is 15.7. The molecule has 0 radical (unpaired) electrons. The van der Waals surface area contributed by atoms with Crippen molar-refractivity contribution >= 4 is 40.4 Å². The second-order valence-electron chi connectivity index (χ2n) is 10.4. The molecule has 2 aromatic heterocycles. The minimum atomic E-state index is -0.731. The summed E-state index contributed by atoms with van der Waals surface area (Å²) < 4.78 is 1.18. The summed E-state index contributed by atoms with van der Waals surface area (Å²) in [5.41, 5.74) is 0.345. The third-order valence-electron chi connectivity index (χ3n) is 6.24. The van der Waals surface area contributed by atoms with Crippen LogP contribution in [0.2, 0.25) is 5.02 Å². The molecular formula is C27H30ClN5O5. The van der Waals surface area contributed by atoms with E-state index in [1.54, 1.807) is 36.1 Å². The molecule has 1 aromatic carbocycles. The Kier molecular flexibility index (Phi) is 7.84. The summed E-state index contributed by atoms with van der Waals surface area (Å²) in [5.74, 6) is -1.35. The van der Waals surface area contributed by atoms with Gasteiger partial charge in [-0.05, 0) is 42.2 Å². The number of aliphatic hydroxyl groups excluding tert-OH is 1. The van der Waals surface area contributed by atoms with E-state index in [0.29, 0.717) is 23.5 Å². The predicted octanol–water partition coefficient (Wildman–Crippen LogP) is 1.96. The lowest BCUT2D eigenvalue weighted by atomic mass is 9.84. The van der Waals surface area contributed by atoms with Crippen LogP contribution in [0.4, 0.5) is 0 Å². The molecule has 3 aromatic rings. The molecule has 3 N–H and O–H groups in total.